The van der Waals surface area contributed by atoms with Gasteiger partial charge in [0.05, 0.1) is 22.4 Å². The number of para-hydroxylation sites is 1. The Kier molecular flexibility index (Phi) is 5.27. The lowest BCUT2D eigenvalue weighted by Crippen LogP contribution is -2.22. The fraction of sp³-hybridized carbons (Fsp3) is 0.250. The summed E-state index contributed by atoms with van der Waals surface area (Å²) in [6.07, 6.45) is 0.502. The van der Waals surface area contributed by atoms with Crippen LogP contribution in [-0.2, 0) is 11.2 Å². The van der Waals surface area contributed by atoms with E-state index in [1.54, 1.807) is 18.3 Å². The molecule has 0 saturated heterocycles. The maximum absolute atomic E-state index is 12.2. The molecule has 0 aliphatic rings. The normalized spacial score (nSPS) is 12.1. The van der Waals surface area contributed by atoms with Crippen LogP contribution in [0.3, 0.4) is 0 Å². The number of hydrogen-bond acceptors (Lipinski definition) is 7. The van der Waals surface area contributed by atoms with E-state index in [0.717, 1.165) is 16.4 Å². The Hall–Kier alpha value is -2.19. The Labute approximate surface area is 147 Å². The van der Waals surface area contributed by atoms with Gasteiger partial charge < -0.3 is 9.73 Å². The molecule has 2 aromatic heterocycles. The average Bonchev–Trinajstić information content (AvgIpc) is 3.17. The number of aromatic nitrogens is 3. The van der Waals surface area contributed by atoms with Crippen LogP contribution in [0.2, 0.25) is 0 Å². The van der Waals surface area contributed by atoms with Crippen molar-refractivity contribution in [2.45, 2.75) is 30.7 Å². The third-order valence-electron chi connectivity index (χ3n) is 3.14. The molecule has 0 spiro atoms. The summed E-state index contributed by atoms with van der Waals surface area (Å²) < 4.78 is 5.59. The predicted octanol–water partition coefficient (Wildman–Crippen LogP) is 3.54. The van der Waals surface area contributed by atoms with Crippen molar-refractivity contribution >= 4 is 34.7 Å². The number of anilines is 1. The molecule has 1 aromatic carbocycles. The van der Waals surface area contributed by atoms with E-state index < -0.39 is 0 Å². The second-order valence-electron chi connectivity index (χ2n) is 5.11. The summed E-state index contributed by atoms with van der Waals surface area (Å²) in [7, 11) is 0. The lowest BCUT2D eigenvalue weighted by Gasteiger charge is -2.09. The third-order valence-corrected chi connectivity index (χ3v) is 4.89. The minimum absolute atomic E-state index is 0.110. The van der Waals surface area contributed by atoms with Crippen molar-refractivity contribution in [2.75, 3.05) is 5.32 Å². The molecule has 0 saturated carbocycles. The fourth-order valence-electron chi connectivity index (χ4n) is 1.97. The third kappa shape index (κ3) is 4.42. The summed E-state index contributed by atoms with van der Waals surface area (Å²) in [4.78, 5) is 16.6. The number of nitrogens with one attached hydrogen (secondary N) is 1. The van der Waals surface area contributed by atoms with Crippen molar-refractivity contribution in [1.29, 1.82) is 0 Å². The molecule has 124 valence electrons. The van der Waals surface area contributed by atoms with E-state index in [-0.39, 0.29) is 11.2 Å². The quantitative estimate of drug-likeness (QED) is 0.677. The van der Waals surface area contributed by atoms with Crippen molar-refractivity contribution in [1.82, 2.24) is 15.2 Å². The first kappa shape index (κ1) is 16.7. The Balaban J connectivity index is 1.56. The van der Waals surface area contributed by atoms with Gasteiger partial charge in [-0.05, 0) is 26.0 Å². The first-order chi connectivity index (χ1) is 11.6. The average molecular weight is 360 g/mol. The van der Waals surface area contributed by atoms with E-state index in [9.17, 15) is 4.79 Å². The number of thiazole rings is 1. The van der Waals surface area contributed by atoms with Gasteiger partial charge in [-0.2, -0.15) is 0 Å². The number of aryl methyl sites for hydroxylation is 1. The van der Waals surface area contributed by atoms with Gasteiger partial charge in [-0.1, -0.05) is 30.0 Å². The highest BCUT2D eigenvalue weighted by molar-refractivity contribution is 8.00. The number of carbonyl (C=O) groups is 1. The van der Waals surface area contributed by atoms with E-state index in [0.29, 0.717) is 17.5 Å². The lowest BCUT2D eigenvalue weighted by atomic mass is 10.3. The number of amides is 1. The first-order valence-corrected chi connectivity index (χ1v) is 9.12. The molecule has 0 fully saturated rings. The number of benzene rings is 1. The zero-order valence-electron chi connectivity index (χ0n) is 13.2. The van der Waals surface area contributed by atoms with Gasteiger partial charge in [0.15, 0.2) is 0 Å². The molecule has 2 heterocycles. The standard InChI is InChI=1S/C16H16N4O2S2/c1-10(15(21)18-12-6-4-3-5-7-12)24-16-20-19-14(22-16)8-13-9-23-11(2)17-13/h3-7,9-10H,8H2,1-2H3,(H,18,21)/t10-/m0/s1. The van der Waals surface area contributed by atoms with Crippen LogP contribution in [-0.4, -0.2) is 26.3 Å². The highest BCUT2D eigenvalue weighted by Crippen LogP contribution is 2.24. The highest BCUT2D eigenvalue weighted by Gasteiger charge is 2.18. The van der Waals surface area contributed by atoms with Crippen LogP contribution in [0, 0.1) is 6.92 Å². The summed E-state index contributed by atoms with van der Waals surface area (Å²) in [5.41, 5.74) is 1.67. The molecule has 0 bridgehead atoms. The van der Waals surface area contributed by atoms with Gasteiger partial charge in [0.25, 0.3) is 5.22 Å². The van der Waals surface area contributed by atoms with E-state index in [1.807, 2.05) is 42.6 Å². The van der Waals surface area contributed by atoms with Gasteiger partial charge in [0.1, 0.15) is 0 Å². The van der Waals surface area contributed by atoms with Crippen LogP contribution >= 0.6 is 23.1 Å². The molecule has 0 radical (unpaired) electrons. The molecule has 1 amide bonds. The maximum Gasteiger partial charge on any atom is 0.277 e. The second-order valence-corrected chi connectivity index (χ2v) is 7.47. The Morgan fingerprint density at radius 1 is 1.33 bits per heavy atom. The Morgan fingerprint density at radius 2 is 2.12 bits per heavy atom. The van der Waals surface area contributed by atoms with Crippen LogP contribution < -0.4 is 5.32 Å². The Bertz CT molecular complexity index is 816. The van der Waals surface area contributed by atoms with Crippen molar-refractivity contribution in [3.05, 3.63) is 52.3 Å². The molecule has 8 heteroatoms. The number of hydrogen-bond donors (Lipinski definition) is 1. The van der Waals surface area contributed by atoms with Gasteiger partial charge in [-0.3, -0.25) is 4.79 Å². The number of thioether (sulfide) groups is 1. The fourth-order valence-corrected chi connectivity index (χ4v) is 3.29. The minimum atomic E-state index is -0.347. The summed E-state index contributed by atoms with van der Waals surface area (Å²) in [5.74, 6) is 0.388. The summed E-state index contributed by atoms with van der Waals surface area (Å²) in [5, 5.41) is 13.9. The first-order valence-electron chi connectivity index (χ1n) is 7.36. The van der Waals surface area contributed by atoms with Gasteiger partial charge in [0, 0.05) is 11.1 Å². The van der Waals surface area contributed by atoms with Gasteiger partial charge in [-0.25, -0.2) is 4.98 Å². The SMILES string of the molecule is Cc1nc(Cc2nnc(S[C@@H](C)C(=O)Nc3ccccc3)o2)cs1. The summed E-state index contributed by atoms with van der Waals surface area (Å²) >= 11 is 2.82. The number of carbonyl (C=O) groups excluding carboxylic acids is 1. The zero-order valence-corrected chi connectivity index (χ0v) is 14.9. The molecule has 24 heavy (non-hydrogen) atoms. The summed E-state index contributed by atoms with van der Waals surface area (Å²) in [6, 6.07) is 9.33. The van der Waals surface area contributed by atoms with Crippen molar-refractivity contribution < 1.29 is 9.21 Å². The molecule has 6 nitrogen and oxygen atoms in total. The summed E-state index contributed by atoms with van der Waals surface area (Å²) in [6.45, 7) is 3.76. The van der Waals surface area contributed by atoms with E-state index >= 15 is 0 Å². The van der Waals surface area contributed by atoms with Gasteiger partial charge in [-0.15, -0.1) is 21.5 Å². The zero-order chi connectivity index (χ0) is 16.9. The van der Waals surface area contributed by atoms with Crippen LogP contribution in [0.5, 0.6) is 0 Å². The predicted molar refractivity (Wildman–Crippen MR) is 94.3 cm³/mol. The smallest absolute Gasteiger partial charge is 0.277 e. The highest BCUT2D eigenvalue weighted by atomic mass is 32.2. The molecule has 0 aliphatic heterocycles. The molecule has 1 N–H and O–H groups in total. The monoisotopic (exact) mass is 360 g/mol. The minimum Gasteiger partial charge on any atom is -0.416 e. The van der Waals surface area contributed by atoms with Crippen LogP contribution in [0.4, 0.5) is 5.69 Å². The van der Waals surface area contributed by atoms with Crippen molar-refractivity contribution in [3.63, 3.8) is 0 Å². The van der Waals surface area contributed by atoms with Crippen LogP contribution in [0.15, 0.2) is 45.4 Å². The Morgan fingerprint density at radius 3 is 2.83 bits per heavy atom. The van der Waals surface area contributed by atoms with Crippen molar-refractivity contribution in [3.8, 4) is 0 Å². The van der Waals surface area contributed by atoms with E-state index in [2.05, 4.69) is 20.5 Å². The van der Waals surface area contributed by atoms with Gasteiger partial charge in [0.2, 0.25) is 11.8 Å². The van der Waals surface area contributed by atoms with Crippen LogP contribution in [0.25, 0.3) is 0 Å². The van der Waals surface area contributed by atoms with Crippen molar-refractivity contribution in [2.24, 2.45) is 0 Å². The molecule has 3 rings (SSSR count). The number of nitrogens with zero attached hydrogens (tertiary/aromatic N) is 3. The molecular weight excluding hydrogens is 344 g/mol. The maximum atomic E-state index is 12.2. The lowest BCUT2D eigenvalue weighted by molar-refractivity contribution is -0.115. The molecule has 3 aromatic rings. The molecule has 0 aliphatic carbocycles. The number of rotatable bonds is 6. The van der Waals surface area contributed by atoms with E-state index in [4.69, 9.17) is 4.42 Å². The van der Waals surface area contributed by atoms with Crippen LogP contribution in [0.1, 0.15) is 23.5 Å². The largest absolute Gasteiger partial charge is 0.416 e. The van der Waals surface area contributed by atoms with Gasteiger partial charge >= 0.3 is 0 Å². The molecule has 0 unspecified atom stereocenters. The second kappa shape index (κ2) is 7.59. The molecule has 1 atom stereocenters. The van der Waals surface area contributed by atoms with E-state index in [1.165, 1.54) is 11.8 Å². The molecular formula is C16H16N4O2S2. The topological polar surface area (TPSA) is 80.9 Å².